The Hall–Kier alpha value is -3.84. The van der Waals surface area contributed by atoms with Gasteiger partial charge >= 0.3 is 11.9 Å². The van der Waals surface area contributed by atoms with Gasteiger partial charge < -0.3 is 25.4 Å². The molecule has 6 unspecified atom stereocenters. The average Bonchev–Trinajstić information content (AvgIpc) is 3.58. The zero-order chi connectivity index (χ0) is 37.0. The Morgan fingerprint density at radius 3 is 2.36 bits per heavy atom. The number of amides is 3. The number of carbonyl (C=O) groups is 5. The number of likely N-dealkylation sites (N-methyl/N-ethyl adjacent to an activating group) is 1. The first kappa shape index (κ1) is 40.6. The Labute approximate surface area is 300 Å². The standard InChI is InChI=1S/C37H55N5O7S/c1-8-18-42(36(46)32(24(5)9-2)40-34(45)29-17-13-14-19-41(29)7)30(23(3)4)21-31(49-25(6)43)35-39-28(22-50-35)33(44)38-27(37(47)48)20-26-15-11-10-12-16-26/h10-12,15-16,22-24,27,29-32H,8-9,13-14,17-21H2,1-7H3,(H,38,44)(H,40,45)(H,47,48). The van der Waals surface area contributed by atoms with Crippen molar-refractivity contribution in [1.29, 1.82) is 0 Å². The number of carboxylic acid groups (broad SMARTS) is 1. The van der Waals surface area contributed by atoms with Crippen LogP contribution in [-0.2, 0) is 30.3 Å². The number of nitrogens with zero attached hydrogens (tertiary/aromatic N) is 3. The van der Waals surface area contributed by atoms with Crippen LogP contribution in [0.4, 0.5) is 0 Å². The van der Waals surface area contributed by atoms with Crippen molar-refractivity contribution in [2.75, 3.05) is 20.1 Å². The summed E-state index contributed by atoms with van der Waals surface area (Å²) in [6, 6.07) is 6.44. The number of carboxylic acids is 1. The molecule has 276 valence electrons. The van der Waals surface area contributed by atoms with E-state index in [1.54, 1.807) is 24.3 Å². The second-order valence-corrected chi connectivity index (χ2v) is 14.6. The summed E-state index contributed by atoms with van der Waals surface area (Å²) in [6.07, 6.45) is 3.57. The second kappa shape index (κ2) is 19.5. The predicted molar refractivity (Wildman–Crippen MR) is 193 cm³/mol. The molecular formula is C37H55N5O7S. The molecular weight excluding hydrogens is 659 g/mol. The maximum Gasteiger partial charge on any atom is 0.326 e. The number of benzene rings is 1. The first-order valence-corrected chi connectivity index (χ1v) is 18.7. The lowest BCUT2D eigenvalue weighted by atomic mass is 9.92. The zero-order valence-corrected chi connectivity index (χ0v) is 31.3. The minimum Gasteiger partial charge on any atom is -0.480 e. The Bertz CT molecular complexity index is 1430. The zero-order valence-electron chi connectivity index (χ0n) is 30.5. The highest BCUT2D eigenvalue weighted by Gasteiger charge is 2.38. The third-order valence-corrected chi connectivity index (χ3v) is 10.4. The summed E-state index contributed by atoms with van der Waals surface area (Å²) in [6.45, 7) is 12.5. The summed E-state index contributed by atoms with van der Waals surface area (Å²) >= 11 is 1.13. The van der Waals surface area contributed by atoms with E-state index in [2.05, 4.69) is 20.5 Å². The number of aromatic nitrogens is 1. The van der Waals surface area contributed by atoms with Gasteiger partial charge in [0.25, 0.3) is 5.91 Å². The molecule has 1 aromatic heterocycles. The molecule has 3 rings (SSSR count). The van der Waals surface area contributed by atoms with E-state index < -0.39 is 42.1 Å². The van der Waals surface area contributed by atoms with E-state index >= 15 is 0 Å². The van der Waals surface area contributed by atoms with Crippen LogP contribution in [-0.4, -0.2) is 93.9 Å². The van der Waals surface area contributed by atoms with E-state index in [9.17, 15) is 29.1 Å². The number of likely N-dealkylation sites (tertiary alicyclic amines) is 1. The van der Waals surface area contributed by atoms with Gasteiger partial charge in [0.15, 0.2) is 6.10 Å². The van der Waals surface area contributed by atoms with Crippen LogP contribution in [0.3, 0.4) is 0 Å². The smallest absolute Gasteiger partial charge is 0.326 e. The van der Waals surface area contributed by atoms with Gasteiger partial charge in [-0.15, -0.1) is 11.3 Å². The maximum absolute atomic E-state index is 14.5. The van der Waals surface area contributed by atoms with Gasteiger partial charge in [-0.25, -0.2) is 9.78 Å². The molecule has 0 aliphatic carbocycles. The van der Waals surface area contributed by atoms with E-state index in [4.69, 9.17) is 4.74 Å². The van der Waals surface area contributed by atoms with E-state index in [1.165, 1.54) is 12.3 Å². The first-order valence-electron chi connectivity index (χ1n) is 17.8. The van der Waals surface area contributed by atoms with Crippen LogP contribution in [0.15, 0.2) is 35.7 Å². The minimum absolute atomic E-state index is 0.0104. The number of aliphatic carboxylic acids is 1. The highest BCUT2D eigenvalue weighted by molar-refractivity contribution is 7.09. The summed E-state index contributed by atoms with van der Waals surface area (Å²) in [7, 11) is 1.94. The molecule has 0 radical (unpaired) electrons. The van der Waals surface area contributed by atoms with Crippen molar-refractivity contribution in [2.45, 2.75) is 117 Å². The number of hydrogen-bond acceptors (Lipinski definition) is 9. The van der Waals surface area contributed by atoms with Gasteiger partial charge in [0.05, 0.1) is 6.04 Å². The van der Waals surface area contributed by atoms with Gasteiger partial charge in [0.1, 0.15) is 22.8 Å². The van der Waals surface area contributed by atoms with Gasteiger partial charge in [-0.05, 0) is 50.3 Å². The fraction of sp³-hybridized carbons (Fsp3) is 0.622. The van der Waals surface area contributed by atoms with Crippen molar-refractivity contribution >= 4 is 41.0 Å². The predicted octanol–water partition coefficient (Wildman–Crippen LogP) is 4.84. The van der Waals surface area contributed by atoms with Gasteiger partial charge in [-0.1, -0.05) is 77.8 Å². The number of nitrogens with one attached hydrogen (secondary N) is 2. The molecule has 50 heavy (non-hydrogen) atoms. The quantitative estimate of drug-likeness (QED) is 0.184. The molecule has 3 amide bonds. The number of piperidine rings is 1. The van der Waals surface area contributed by atoms with Crippen LogP contribution in [0.2, 0.25) is 0 Å². The molecule has 1 saturated heterocycles. The van der Waals surface area contributed by atoms with Crippen molar-refractivity contribution in [2.24, 2.45) is 11.8 Å². The minimum atomic E-state index is -1.17. The Morgan fingerprint density at radius 2 is 1.78 bits per heavy atom. The lowest BCUT2D eigenvalue weighted by Crippen LogP contribution is -2.58. The van der Waals surface area contributed by atoms with Crippen LogP contribution in [0, 0.1) is 11.8 Å². The summed E-state index contributed by atoms with van der Waals surface area (Å²) in [5.41, 5.74) is 0.771. The van der Waals surface area contributed by atoms with E-state index in [1.807, 2.05) is 52.6 Å². The molecule has 12 nitrogen and oxygen atoms in total. The Balaban J connectivity index is 1.86. The molecule has 1 aliphatic rings. The lowest BCUT2D eigenvalue weighted by molar-refractivity contribution is -0.149. The highest BCUT2D eigenvalue weighted by Crippen LogP contribution is 2.32. The molecule has 1 fully saturated rings. The van der Waals surface area contributed by atoms with Gasteiger partial charge in [-0.2, -0.15) is 0 Å². The molecule has 1 aliphatic heterocycles. The Kier molecular flexibility index (Phi) is 15.8. The summed E-state index contributed by atoms with van der Waals surface area (Å²) in [5.74, 6) is -2.85. The average molecular weight is 714 g/mol. The SMILES string of the molecule is CCCN(C(=O)C(NC(=O)C1CCCCN1C)C(C)CC)C(CC(OC(C)=O)c1nc(C(=O)NC(Cc2ccccc2)C(=O)O)cs1)C(C)C. The third kappa shape index (κ3) is 11.3. The van der Waals surface area contributed by atoms with E-state index in [0.29, 0.717) is 24.4 Å². The van der Waals surface area contributed by atoms with E-state index in [0.717, 1.165) is 42.7 Å². The van der Waals surface area contributed by atoms with Crippen LogP contribution in [0.25, 0.3) is 0 Å². The molecule has 2 aromatic rings. The number of thiazole rings is 1. The summed E-state index contributed by atoms with van der Waals surface area (Å²) < 4.78 is 5.77. The molecule has 0 bridgehead atoms. The van der Waals surface area contributed by atoms with E-state index in [-0.39, 0.29) is 48.2 Å². The summed E-state index contributed by atoms with van der Waals surface area (Å²) in [4.78, 5) is 73.9. The first-order chi connectivity index (χ1) is 23.8. The molecule has 13 heteroatoms. The number of ether oxygens (including phenoxy) is 1. The molecule has 0 saturated carbocycles. The normalized spacial score (nSPS) is 18.0. The molecule has 1 aromatic carbocycles. The van der Waals surface area contributed by atoms with Crippen molar-refractivity contribution in [3.05, 3.63) is 52.0 Å². The number of rotatable bonds is 18. The maximum atomic E-state index is 14.5. The molecule has 6 atom stereocenters. The van der Waals surface area contributed by atoms with Crippen molar-refractivity contribution in [3.63, 3.8) is 0 Å². The monoisotopic (exact) mass is 713 g/mol. The highest BCUT2D eigenvalue weighted by atomic mass is 32.1. The fourth-order valence-electron chi connectivity index (χ4n) is 6.40. The summed E-state index contributed by atoms with van der Waals surface area (Å²) in [5, 5.41) is 17.3. The van der Waals surface area contributed by atoms with Crippen LogP contribution >= 0.6 is 11.3 Å². The lowest BCUT2D eigenvalue weighted by Gasteiger charge is -2.40. The van der Waals surface area contributed by atoms with Gasteiger partial charge in [0, 0.05) is 37.7 Å². The fourth-order valence-corrected chi connectivity index (χ4v) is 7.24. The topological polar surface area (TPSA) is 158 Å². The second-order valence-electron chi connectivity index (χ2n) is 13.7. The Morgan fingerprint density at radius 1 is 1.08 bits per heavy atom. The van der Waals surface area contributed by atoms with Crippen LogP contribution in [0.5, 0.6) is 0 Å². The number of hydrogen-bond donors (Lipinski definition) is 3. The van der Waals surface area contributed by atoms with Crippen LogP contribution in [0.1, 0.15) is 107 Å². The third-order valence-electron chi connectivity index (χ3n) is 9.45. The van der Waals surface area contributed by atoms with Crippen molar-refractivity contribution < 1.29 is 33.8 Å². The largest absolute Gasteiger partial charge is 0.480 e. The molecule has 0 spiro atoms. The number of esters is 1. The number of carbonyl (C=O) groups excluding carboxylic acids is 4. The van der Waals surface area contributed by atoms with Crippen LogP contribution < -0.4 is 10.6 Å². The molecule has 3 N–H and O–H groups in total. The van der Waals surface area contributed by atoms with Crippen molar-refractivity contribution in [1.82, 2.24) is 25.4 Å². The molecule has 2 heterocycles. The van der Waals surface area contributed by atoms with Crippen molar-refractivity contribution in [3.8, 4) is 0 Å². The van der Waals surface area contributed by atoms with Gasteiger partial charge in [-0.3, -0.25) is 24.1 Å². The van der Waals surface area contributed by atoms with Gasteiger partial charge in [0.2, 0.25) is 11.8 Å².